The van der Waals surface area contributed by atoms with E-state index < -0.39 is 0 Å². The quantitative estimate of drug-likeness (QED) is 0.662. The van der Waals surface area contributed by atoms with Crippen LogP contribution in [-0.4, -0.2) is 73.7 Å². The van der Waals surface area contributed by atoms with Crippen molar-refractivity contribution in [3.8, 4) is 5.75 Å². The van der Waals surface area contributed by atoms with E-state index in [2.05, 4.69) is 17.1 Å². The first kappa shape index (κ1) is 23.9. The highest BCUT2D eigenvalue weighted by atomic mass is 16.5. The maximum atomic E-state index is 13.4. The Bertz CT molecular complexity index is 816. The monoisotopic (exact) mass is 456 g/mol. The van der Waals surface area contributed by atoms with Crippen LogP contribution in [0.25, 0.3) is 0 Å². The van der Waals surface area contributed by atoms with Crippen molar-refractivity contribution in [2.24, 2.45) is 5.92 Å². The van der Waals surface area contributed by atoms with Crippen LogP contribution in [0.3, 0.4) is 0 Å². The molecule has 0 bridgehead atoms. The predicted molar refractivity (Wildman–Crippen MR) is 131 cm³/mol. The van der Waals surface area contributed by atoms with Crippen molar-refractivity contribution >= 4 is 17.6 Å². The number of urea groups is 1. The first-order valence-corrected chi connectivity index (χ1v) is 12.9. The van der Waals surface area contributed by atoms with E-state index in [0.29, 0.717) is 19.6 Å². The number of carbonyl (C=O) groups excluding carboxylic acids is 2. The van der Waals surface area contributed by atoms with E-state index >= 15 is 0 Å². The van der Waals surface area contributed by atoms with E-state index in [0.717, 1.165) is 55.8 Å². The number of carbonyl (C=O) groups is 2. The molecule has 2 fully saturated rings. The Balaban J connectivity index is 1.25. The summed E-state index contributed by atoms with van der Waals surface area (Å²) in [6.07, 6.45) is 7.30. The van der Waals surface area contributed by atoms with Gasteiger partial charge in [0.25, 0.3) is 0 Å². The van der Waals surface area contributed by atoms with Crippen molar-refractivity contribution in [3.63, 3.8) is 0 Å². The third kappa shape index (κ3) is 5.99. The minimum atomic E-state index is 0.00615. The second-order valence-electron chi connectivity index (χ2n) is 9.82. The maximum absolute atomic E-state index is 13.4. The summed E-state index contributed by atoms with van der Waals surface area (Å²) in [5, 5.41) is 3.14. The molecule has 1 atom stereocenters. The molecule has 4 rings (SSSR count). The Labute approximate surface area is 198 Å². The molecular formula is C26H40N4O3. The predicted octanol–water partition coefficient (Wildman–Crippen LogP) is 3.80. The van der Waals surface area contributed by atoms with Crippen LogP contribution in [0.15, 0.2) is 18.2 Å². The molecule has 0 spiro atoms. The number of nitrogens with zero attached hydrogens (tertiary/aromatic N) is 3. The van der Waals surface area contributed by atoms with Crippen LogP contribution >= 0.6 is 0 Å². The molecule has 3 aliphatic heterocycles. The Hall–Kier alpha value is -2.28. The van der Waals surface area contributed by atoms with Gasteiger partial charge in [-0.15, -0.1) is 0 Å². The van der Waals surface area contributed by atoms with Gasteiger partial charge in [-0.25, -0.2) is 4.79 Å². The number of amides is 3. The molecule has 1 N–H and O–H groups in total. The third-order valence-electron chi connectivity index (χ3n) is 7.31. The average Bonchev–Trinajstić information content (AvgIpc) is 2.86. The van der Waals surface area contributed by atoms with Gasteiger partial charge >= 0.3 is 6.03 Å². The summed E-state index contributed by atoms with van der Waals surface area (Å²) in [5.41, 5.74) is 1.97. The molecule has 1 aromatic rings. The number of fused-ring (bicyclic) bond motifs is 1. The molecular weight excluding hydrogens is 416 g/mol. The lowest BCUT2D eigenvalue weighted by Crippen LogP contribution is -2.52. The van der Waals surface area contributed by atoms with E-state index in [9.17, 15) is 9.59 Å². The second-order valence-corrected chi connectivity index (χ2v) is 9.82. The molecule has 7 nitrogen and oxygen atoms in total. The molecule has 3 heterocycles. The van der Waals surface area contributed by atoms with Crippen molar-refractivity contribution in [2.45, 2.75) is 64.9 Å². The van der Waals surface area contributed by atoms with Crippen molar-refractivity contribution < 1.29 is 14.3 Å². The molecule has 1 unspecified atom stereocenters. The van der Waals surface area contributed by atoms with Gasteiger partial charge in [0.2, 0.25) is 5.91 Å². The molecule has 3 aliphatic rings. The Morgan fingerprint density at radius 2 is 1.85 bits per heavy atom. The highest BCUT2D eigenvalue weighted by molar-refractivity contribution is 5.94. The number of hydrogen-bond donors (Lipinski definition) is 1. The standard InChI is InChI=1S/C26H40N4O3/c1-3-22-19-30(23-18-20(2)8-9-24(23)33-22)26(32)29-16-10-21(11-17-29)25(31)27-12-7-15-28-13-5-4-6-14-28/h8-9,18,21-22H,3-7,10-17,19H2,1-2H3,(H,27,31). The van der Waals surface area contributed by atoms with E-state index in [1.54, 1.807) is 0 Å². The van der Waals surface area contributed by atoms with E-state index in [4.69, 9.17) is 4.74 Å². The number of anilines is 1. The van der Waals surface area contributed by atoms with Gasteiger partial charge in [0.15, 0.2) is 0 Å². The van der Waals surface area contributed by atoms with Crippen LogP contribution in [0, 0.1) is 12.8 Å². The van der Waals surface area contributed by atoms with Crippen molar-refractivity contribution in [1.29, 1.82) is 0 Å². The van der Waals surface area contributed by atoms with Crippen molar-refractivity contribution in [3.05, 3.63) is 23.8 Å². The highest BCUT2D eigenvalue weighted by Gasteiger charge is 2.34. The van der Waals surface area contributed by atoms with E-state index in [1.807, 2.05) is 34.9 Å². The van der Waals surface area contributed by atoms with Crippen LogP contribution in [0.4, 0.5) is 10.5 Å². The number of benzene rings is 1. The summed E-state index contributed by atoms with van der Waals surface area (Å²) in [4.78, 5) is 32.4. The number of rotatable bonds is 6. The zero-order chi connectivity index (χ0) is 23.2. The molecule has 7 heteroatoms. The summed E-state index contributed by atoms with van der Waals surface area (Å²) in [6.45, 7) is 10.2. The van der Waals surface area contributed by atoms with Crippen LogP contribution < -0.4 is 15.0 Å². The molecule has 0 aromatic heterocycles. The number of aryl methyl sites for hydroxylation is 1. The van der Waals surface area contributed by atoms with Gasteiger partial charge in [0.05, 0.1) is 12.2 Å². The topological polar surface area (TPSA) is 65.1 Å². The third-order valence-corrected chi connectivity index (χ3v) is 7.31. The SMILES string of the molecule is CCC1CN(C(=O)N2CCC(C(=O)NCCCN3CCCCC3)CC2)c2cc(C)ccc2O1. The fourth-order valence-electron chi connectivity index (χ4n) is 5.20. The molecule has 3 amide bonds. The summed E-state index contributed by atoms with van der Waals surface area (Å²) < 4.78 is 6.07. The summed E-state index contributed by atoms with van der Waals surface area (Å²) in [7, 11) is 0. The first-order chi connectivity index (χ1) is 16.0. The minimum absolute atomic E-state index is 0.00615. The lowest BCUT2D eigenvalue weighted by atomic mass is 9.96. The molecule has 2 saturated heterocycles. The zero-order valence-corrected chi connectivity index (χ0v) is 20.4. The van der Waals surface area contributed by atoms with Crippen molar-refractivity contribution in [1.82, 2.24) is 15.1 Å². The number of hydrogen-bond acceptors (Lipinski definition) is 4. The Morgan fingerprint density at radius 3 is 2.58 bits per heavy atom. The number of piperidine rings is 2. The van der Waals surface area contributed by atoms with E-state index in [1.165, 1.54) is 32.4 Å². The first-order valence-electron chi connectivity index (χ1n) is 12.9. The normalized spacial score (nSPS) is 21.9. The molecule has 0 radical (unpaired) electrons. The Morgan fingerprint density at radius 1 is 1.09 bits per heavy atom. The smallest absolute Gasteiger partial charge is 0.324 e. The molecule has 0 saturated carbocycles. The van der Waals surface area contributed by atoms with Gasteiger partial charge in [-0.3, -0.25) is 9.69 Å². The van der Waals surface area contributed by atoms with Gasteiger partial charge in [-0.1, -0.05) is 19.4 Å². The summed E-state index contributed by atoms with van der Waals surface area (Å²) in [6, 6.07) is 6.05. The minimum Gasteiger partial charge on any atom is -0.486 e. The zero-order valence-electron chi connectivity index (χ0n) is 20.4. The fraction of sp³-hybridized carbons (Fsp3) is 0.692. The van der Waals surface area contributed by atoms with Crippen LogP contribution in [-0.2, 0) is 4.79 Å². The van der Waals surface area contributed by atoms with Gasteiger partial charge in [0.1, 0.15) is 11.9 Å². The largest absolute Gasteiger partial charge is 0.486 e. The van der Waals surface area contributed by atoms with Gasteiger partial charge < -0.3 is 19.9 Å². The lowest BCUT2D eigenvalue weighted by Gasteiger charge is -2.39. The number of likely N-dealkylation sites (tertiary alicyclic amines) is 2. The van der Waals surface area contributed by atoms with Crippen LogP contribution in [0.5, 0.6) is 5.75 Å². The van der Waals surface area contributed by atoms with Gasteiger partial charge in [-0.2, -0.15) is 0 Å². The summed E-state index contributed by atoms with van der Waals surface area (Å²) >= 11 is 0. The molecule has 1 aromatic carbocycles. The van der Waals surface area contributed by atoms with Crippen LogP contribution in [0.1, 0.15) is 57.4 Å². The number of ether oxygens (including phenoxy) is 1. The van der Waals surface area contributed by atoms with Gasteiger partial charge in [0, 0.05) is 25.6 Å². The van der Waals surface area contributed by atoms with Crippen LogP contribution in [0.2, 0.25) is 0 Å². The van der Waals surface area contributed by atoms with Crippen molar-refractivity contribution in [2.75, 3.05) is 50.7 Å². The molecule has 0 aliphatic carbocycles. The lowest BCUT2D eigenvalue weighted by molar-refractivity contribution is -0.126. The summed E-state index contributed by atoms with van der Waals surface area (Å²) in [5.74, 6) is 0.941. The Kier molecular flexibility index (Phi) is 8.12. The molecule has 182 valence electrons. The fourth-order valence-corrected chi connectivity index (χ4v) is 5.20. The van der Waals surface area contributed by atoms with E-state index in [-0.39, 0.29) is 24.0 Å². The average molecular weight is 457 g/mol. The maximum Gasteiger partial charge on any atom is 0.324 e. The second kappa shape index (κ2) is 11.2. The highest BCUT2D eigenvalue weighted by Crippen LogP contribution is 2.36. The van der Waals surface area contributed by atoms with Gasteiger partial charge in [-0.05, 0) is 82.8 Å². The molecule has 33 heavy (non-hydrogen) atoms. The number of nitrogens with one attached hydrogen (secondary N) is 1.